The fourth-order valence-corrected chi connectivity index (χ4v) is 4.44. The van der Waals surface area contributed by atoms with Crippen molar-refractivity contribution in [3.8, 4) is 5.75 Å². The second-order valence-electron chi connectivity index (χ2n) is 11.9. The summed E-state index contributed by atoms with van der Waals surface area (Å²) in [6.45, 7) is 9.42. The van der Waals surface area contributed by atoms with Crippen molar-refractivity contribution in [2.45, 2.75) is 77.6 Å². The molecule has 0 spiro atoms. The van der Waals surface area contributed by atoms with Crippen LogP contribution in [-0.4, -0.2) is 66.5 Å². The maximum absolute atomic E-state index is 13.5. The van der Waals surface area contributed by atoms with Gasteiger partial charge in [0.1, 0.15) is 29.5 Å². The Hall–Kier alpha value is -4.41. The van der Waals surface area contributed by atoms with Gasteiger partial charge in [0.2, 0.25) is 17.6 Å². The largest absolute Gasteiger partial charge is 0.494 e. The first kappa shape index (κ1) is 33.1. The highest BCUT2D eigenvalue weighted by molar-refractivity contribution is 6.38. The first-order valence-corrected chi connectivity index (χ1v) is 14.5. The SMILES string of the molecule is CC(C)[C@@H]1NC(=O)[C@@H](NC(=O)C(=O)C(Cc2ccccc2)NC(=O)OC(C)(C)C)Cc2ccc(cc2)OCCCNC1=O. The molecule has 11 heteroatoms. The van der Waals surface area contributed by atoms with E-state index in [1.807, 2.05) is 6.07 Å². The maximum atomic E-state index is 13.5. The van der Waals surface area contributed by atoms with Crippen LogP contribution in [0.2, 0.25) is 0 Å². The number of carbonyl (C=O) groups is 5. The summed E-state index contributed by atoms with van der Waals surface area (Å²) in [5, 5.41) is 10.6. The van der Waals surface area contributed by atoms with Gasteiger partial charge in [0.15, 0.2) is 0 Å². The van der Waals surface area contributed by atoms with Crippen LogP contribution in [0.25, 0.3) is 0 Å². The molecular weight excluding hydrogens is 552 g/mol. The number of fused-ring (bicyclic) bond motifs is 12. The number of nitrogens with one attached hydrogen (secondary N) is 4. The van der Waals surface area contributed by atoms with Crippen LogP contribution in [0.3, 0.4) is 0 Å². The highest BCUT2D eigenvalue weighted by Gasteiger charge is 2.34. The molecule has 4 rings (SSSR count). The van der Waals surface area contributed by atoms with E-state index < -0.39 is 47.4 Å². The summed E-state index contributed by atoms with van der Waals surface area (Å²) in [4.78, 5) is 65.9. The molecule has 4 amide bonds. The van der Waals surface area contributed by atoms with Gasteiger partial charge in [0.25, 0.3) is 5.91 Å². The molecule has 2 aromatic carbocycles. The highest BCUT2D eigenvalue weighted by Crippen LogP contribution is 2.15. The van der Waals surface area contributed by atoms with Gasteiger partial charge in [-0.3, -0.25) is 19.2 Å². The molecular formula is C32H42N4O7. The molecule has 0 aromatic heterocycles. The number of amides is 4. The van der Waals surface area contributed by atoms with Crippen molar-refractivity contribution < 1.29 is 33.4 Å². The first-order valence-electron chi connectivity index (χ1n) is 14.5. The summed E-state index contributed by atoms with van der Waals surface area (Å²) < 4.78 is 11.1. The van der Waals surface area contributed by atoms with Crippen molar-refractivity contribution >= 4 is 29.6 Å². The van der Waals surface area contributed by atoms with Gasteiger partial charge in [-0.05, 0) is 56.4 Å². The van der Waals surface area contributed by atoms with Crippen LogP contribution < -0.4 is 26.0 Å². The molecule has 0 fully saturated rings. The molecule has 2 heterocycles. The Kier molecular flexibility index (Phi) is 11.7. The molecule has 3 atom stereocenters. The molecule has 2 aliphatic rings. The van der Waals surface area contributed by atoms with E-state index in [1.54, 1.807) is 83.1 Å². The van der Waals surface area contributed by atoms with Gasteiger partial charge in [-0.15, -0.1) is 0 Å². The second kappa shape index (κ2) is 15.2. The topological polar surface area (TPSA) is 152 Å². The summed E-state index contributed by atoms with van der Waals surface area (Å²) in [5.41, 5.74) is 0.590. The Morgan fingerprint density at radius 3 is 2.30 bits per heavy atom. The van der Waals surface area contributed by atoms with Crippen LogP contribution in [0.4, 0.5) is 4.79 Å². The summed E-state index contributed by atoms with van der Waals surface area (Å²) in [5.74, 6) is -2.60. The lowest BCUT2D eigenvalue weighted by Gasteiger charge is -2.26. The number of carbonyl (C=O) groups excluding carboxylic acids is 5. The minimum absolute atomic E-state index is 0.0280. The average molecular weight is 595 g/mol. The number of rotatable bonds is 7. The molecule has 4 N–H and O–H groups in total. The molecule has 2 aliphatic heterocycles. The van der Waals surface area contributed by atoms with E-state index in [4.69, 9.17) is 9.47 Å². The van der Waals surface area contributed by atoms with Crippen LogP contribution in [-0.2, 0) is 36.8 Å². The van der Waals surface area contributed by atoms with Crippen molar-refractivity contribution in [1.29, 1.82) is 0 Å². The monoisotopic (exact) mass is 594 g/mol. The second-order valence-corrected chi connectivity index (χ2v) is 11.9. The van der Waals surface area contributed by atoms with E-state index in [9.17, 15) is 24.0 Å². The third-order valence-corrected chi connectivity index (χ3v) is 6.63. The van der Waals surface area contributed by atoms with Gasteiger partial charge < -0.3 is 30.7 Å². The molecule has 0 aliphatic carbocycles. The Labute approximate surface area is 252 Å². The fourth-order valence-electron chi connectivity index (χ4n) is 4.44. The zero-order valence-corrected chi connectivity index (χ0v) is 25.4. The predicted molar refractivity (Wildman–Crippen MR) is 160 cm³/mol. The zero-order chi connectivity index (χ0) is 31.6. The molecule has 43 heavy (non-hydrogen) atoms. The Balaban J connectivity index is 1.86. The minimum atomic E-state index is -1.26. The van der Waals surface area contributed by atoms with Crippen molar-refractivity contribution in [2.75, 3.05) is 13.2 Å². The quantitative estimate of drug-likeness (QED) is 0.360. The molecule has 1 unspecified atom stereocenters. The lowest BCUT2D eigenvalue weighted by Crippen LogP contribution is -2.58. The van der Waals surface area contributed by atoms with Crippen LogP contribution in [0.5, 0.6) is 5.75 Å². The number of hydrogen-bond donors (Lipinski definition) is 4. The number of Topliss-reactive ketones (excluding diaryl/α,β-unsaturated/α-hetero) is 1. The third-order valence-electron chi connectivity index (χ3n) is 6.63. The van der Waals surface area contributed by atoms with Crippen LogP contribution >= 0.6 is 0 Å². The number of hydrogen-bond acceptors (Lipinski definition) is 7. The predicted octanol–water partition coefficient (Wildman–Crippen LogP) is 2.46. The van der Waals surface area contributed by atoms with Crippen molar-refractivity contribution in [1.82, 2.24) is 21.3 Å². The van der Waals surface area contributed by atoms with Gasteiger partial charge >= 0.3 is 6.09 Å². The molecule has 11 nitrogen and oxygen atoms in total. The normalized spacial score (nSPS) is 18.7. The summed E-state index contributed by atoms with van der Waals surface area (Å²) in [6, 6.07) is 12.7. The molecule has 0 saturated heterocycles. The first-order chi connectivity index (χ1) is 20.3. The number of benzene rings is 2. The zero-order valence-electron chi connectivity index (χ0n) is 25.4. The smallest absolute Gasteiger partial charge is 0.408 e. The molecule has 232 valence electrons. The number of ether oxygens (including phenoxy) is 2. The summed E-state index contributed by atoms with van der Waals surface area (Å²) in [7, 11) is 0. The average Bonchev–Trinajstić information content (AvgIpc) is 2.94. The van der Waals surface area contributed by atoms with E-state index >= 15 is 0 Å². The van der Waals surface area contributed by atoms with Crippen molar-refractivity contribution in [3.63, 3.8) is 0 Å². The van der Waals surface area contributed by atoms with Gasteiger partial charge in [0.05, 0.1) is 6.61 Å². The van der Waals surface area contributed by atoms with E-state index in [0.717, 1.165) is 0 Å². The van der Waals surface area contributed by atoms with E-state index in [0.29, 0.717) is 36.4 Å². The van der Waals surface area contributed by atoms with Gasteiger partial charge in [-0.2, -0.15) is 0 Å². The standard InChI is InChI=1S/C32H42N4O7/c1-20(2)26-29(39)33-16-9-17-42-23-14-12-22(13-15-23)19-25(28(38)36-26)34-30(40)27(37)24(18-21-10-7-6-8-11-21)35-31(41)43-32(3,4)5/h6-8,10-15,20,24-26H,9,16-19H2,1-5H3,(H,33,39)(H,34,40)(H,35,41)(H,36,38)/t24?,25-,26-/m0/s1. The van der Waals surface area contributed by atoms with Crippen LogP contribution in [0.15, 0.2) is 54.6 Å². The lowest BCUT2D eigenvalue weighted by molar-refractivity contribution is -0.141. The van der Waals surface area contributed by atoms with E-state index in [2.05, 4.69) is 21.3 Å². The summed E-state index contributed by atoms with van der Waals surface area (Å²) >= 11 is 0. The summed E-state index contributed by atoms with van der Waals surface area (Å²) in [6.07, 6.45) is -0.204. The molecule has 0 radical (unpaired) electrons. The minimum Gasteiger partial charge on any atom is -0.494 e. The van der Waals surface area contributed by atoms with Gasteiger partial charge in [0, 0.05) is 19.4 Å². The Bertz CT molecular complexity index is 1270. The van der Waals surface area contributed by atoms with Crippen LogP contribution in [0.1, 0.15) is 52.2 Å². The third kappa shape index (κ3) is 10.7. The number of alkyl carbamates (subject to hydrolysis) is 1. The van der Waals surface area contributed by atoms with Crippen LogP contribution in [0, 0.1) is 5.92 Å². The van der Waals surface area contributed by atoms with Crippen molar-refractivity contribution in [3.05, 3.63) is 65.7 Å². The Morgan fingerprint density at radius 2 is 1.67 bits per heavy atom. The maximum Gasteiger partial charge on any atom is 0.408 e. The number of ketones is 1. The van der Waals surface area contributed by atoms with E-state index in [-0.39, 0.29) is 24.7 Å². The molecule has 0 saturated carbocycles. The van der Waals surface area contributed by atoms with Crippen molar-refractivity contribution in [2.24, 2.45) is 5.92 Å². The van der Waals surface area contributed by atoms with E-state index in [1.165, 1.54) is 0 Å². The fraction of sp³-hybridized carbons (Fsp3) is 0.469. The molecule has 2 bridgehead atoms. The lowest BCUT2D eigenvalue weighted by atomic mass is 9.99. The Morgan fingerprint density at radius 1 is 1.00 bits per heavy atom. The molecule has 2 aromatic rings. The van der Waals surface area contributed by atoms with Gasteiger partial charge in [-0.1, -0.05) is 56.3 Å². The highest BCUT2D eigenvalue weighted by atomic mass is 16.6. The van der Waals surface area contributed by atoms with Gasteiger partial charge in [-0.25, -0.2) is 4.79 Å².